The molecule has 0 spiro atoms. The van der Waals surface area contributed by atoms with E-state index >= 15 is 0 Å². The topological polar surface area (TPSA) is 26.3 Å². The average Bonchev–Trinajstić information content (AvgIpc) is 2.25. The number of rotatable bonds is 8. The Morgan fingerprint density at radius 1 is 1.15 bits per heavy atom. The van der Waals surface area contributed by atoms with Gasteiger partial charge in [0.05, 0.1) is 0 Å². The summed E-state index contributed by atoms with van der Waals surface area (Å²) in [6.45, 7) is 4.20. The molecular formula is C12H16F6O2. The highest BCUT2D eigenvalue weighted by Crippen LogP contribution is 2.29. The molecule has 0 aromatic carbocycles. The molecule has 0 rings (SSSR count). The summed E-state index contributed by atoms with van der Waals surface area (Å²) in [5.41, 5.74) is -0.304. The Labute approximate surface area is 112 Å². The van der Waals surface area contributed by atoms with E-state index in [1.165, 1.54) is 0 Å². The summed E-state index contributed by atoms with van der Waals surface area (Å²) >= 11 is 0. The Kier molecular flexibility index (Phi) is 7.08. The molecule has 0 fully saturated rings. The van der Waals surface area contributed by atoms with Crippen LogP contribution in [0.25, 0.3) is 0 Å². The molecule has 0 aromatic heterocycles. The zero-order valence-electron chi connectivity index (χ0n) is 10.9. The van der Waals surface area contributed by atoms with Crippen LogP contribution in [0.5, 0.6) is 0 Å². The summed E-state index contributed by atoms with van der Waals surface area (Å²) in [5.74, 6) is -1.42. The fourth-order valence-electron chi connectivity index (χ4n) is 1.27. The molecule has 118 valence electrons. The van der Waals surface area contributed by atoms with Crippen molar-refractivity contribution in [2.75, 3.05) is 0 Å². The van der Waals surface area contributed by atoms with E-state index in [0.29, 0.717) is 0 Å². The van der Waals surface area contributed by atoms with Gasteiger partial charge < -0.3 is 4.74 Å². The molecule has 0 aromatic rings. The Morgan fingerprint density at radius 2 is 1.70 bits per heavy atom. The van der Waals surface area contributed by atoms with E-state index in [0.717, 1.165) is 6.92 Å². The summed E-state index contributed by atoms with van der Waals surface area (Å²) in [4.78, 5) is 10.9. The van der Waals surface area contributed by atoms with E-state index in [1.54, 1.807) is 0 Å². The highest BCUT2D eigenvalue weighted by Gasteiger charge is 2.44. The second kappa shape index (κ2) is 7.54. The fraction of sp³-hybridized carbons (Fsp3) is 0.750. The molecule has 0 N–H and O–H groups in total. The molecule has 0 amide bonds. The smallest absolute Gasteiger partial charge is 0.395 e. The van der Waals surface area contributed by atoms with Crippen LogP contribution in [0.15, 0.2) is 12.2 Å². The monoisotopic (exact) mass is 306 g/mol. The largest absolute Gasteiger partial charge is 0.432 e. The Morgan fingerprint density at radius 3 is 2.15 bits per heavy atom. The number of hydrogen-bond donors (Lipinski definition) is 0. The van der Waals surface area contributed by atoms with Crippen molar-refractivity contribution in [1.82, 2.24) is 0 Å². The molecule has 0 bridgehead atoms. The van der Waals surface area contributed by atoms with Crippen LogP contribution in [0.4, 0.5) is 26.3 Å². The van der Waals surface area contributed by atoms with Crippen LogP contribution in [0, 0.1) is 0 Å². The second-order valence-corrected chi connectivity index (χ2v) is 4.41. The van der Waals surface area contributed by atoms with Crippen molar-refractivity contribution in [3.8, 4) is 0 Å². The van der Waals surface area contributed by atoms with Gasteiger partial charge >= 0.3 is 18.3 Å². The van der Waals surface area contributed by atoms with Gasteiger partial charge in [0.1, 0.15) is 0 Å². The Bertz CT molecular complexity index is 337. The molecule has 2 nitrogen and oxygen atoms in total. The van der Waals surface area contributed by atoms with Gasteiger partial charge in [-0.3, -0.25) is 0 Å². The summed E-state index contributed by atoms with van der Waals surface area (Å²) in [6, 6.07) is 0. The first-order valence-corrected chi connectivity index (χ1v) is 5.93. The lowest BCUT2D eigenvalue weighted by atomic mass is 10.1. The molecule has 0 aliphatic rings. The standard InChI is InChI=1S/C12H16F6O2/c1-8(2)10(19)20-12(17,18)9(13)6-4-3-5-7-11(14,15)16/h9H,1,3-7H2,2H3. The number of esters is 1. The SMILES string of the molecule is C=C(C)C(=O)OC(F)(F)C(F)CCCCCC(F)(F)F. The number of carbonyl (C=O) groups excluding carboxylic acids is 1. The maximum atomic E-state index is 13.2. The molecule has 0 heterocycles. The molecule has 20 heavy (non-hydrogen) atoms. The highest BCUT2D eigenvalue weighted by molar-refractivity contribution is 5.87. The van der Waals surface area contributed by atoms with Gasteiger partial charge in [0.25, 0.3) is 0 Å². The first-order chi connectivity index (χ1) is 8.96. The van der Waals surface area contributed by atoms with Crippen LogP contribution in [-0.4, -0.2) is 24.4 Å². The lowest BCUT2D eigenvalue weighted by Crippen LogP contribution is -2.35. The maximum absolute atomic E-state index is 13.2. The van der Waals surface area contributed by atoms with Crippen LogP contribution < -0.4 is 0 Å². The lowest BCUT2D eigenvalue weighted by molar-refractivity contribution is -0.259. The molecule has 0 aliphatic carbocycles. The van der Waals surface area contributed by atoms with Crippen LogP contribution in [0.3, 0.4) is 0 Å². The van der Waals surface area contributed by atoms with E-state index in [2.05, 4.69) is 11.3 Å². The Balaban J connectivity index is 4.04. The van der Waals surface area contributed by atoms with E-state index in [9.17, 15) is 31.1 Å². The van der Waals surface area contributed by atoms with Gasteiger partial charge in [0, 0.05) is 12.0 Å². The zero-order valence-corrected chi connectivity index (χ0v) is 10.9. The number of halogens is 6. The van der Waals surface area contributed by atoms with Gasteiger partial charge in [-0.1, -0.05) is 19.4 Å². The van der Waals surface area contributed by atoms with Gasteiger partial charge in [0.15, 0.2) is 0 Å². The predicted molar refractivity (Wildman–Crippen MR) is 59.9 cm³/mol. The van der Waals surface area contributed by atoms with Crippen LogP contribution >= 0.6 is 0 Å². The van der Waals surface area contributed by atoms with Crippen molar-refractivity contribution < 1.29 is 35.9 Å². The fourth-order valence-corrected chi connectivity index (χ4v) is 1.27. The minimum Gasteiger partial charge on any atom is -0.395 e. The second-order valence-electron chi connectivity index (χ2n) is 4.41. The average molecular weight is 306 g/mol. The number of alkyl halides is 6. The molecule has 1 atom stereocenters. The molecular weight excluding hydrogens is 290 g/mol. The van der Waals surface area contributed by atoms with Crippen LogP contribution in [-0.2, 0) is 9.53 Å². The minimum absolute atomic E-state index is 0.0373. The highest BCUT2D eigenvalue weighted by atomic mass is 19.4. The van der Waals surface area contributed by atoms with E-state index in [-0.39, 0.29) is 24.8 Å². The first kappa shape index (κ1) is 18.8. The van der Waals surface area contributed by atoms with Crippen molar-refractivity contribution in [3.63, 3.8) is 0 Å². The van der Waals surface area contributed by atoms with Crippen molar-refractivity contribution in [1.29, 1.82) is 0 Å². The quantitative estimate of drug-likeness (QED) is 0.285. The number of ether oxygens (including phenoxy) is 1. The third-order valence-corrected chi connectivity index (χ3v) is 2.36. The third kappa shape index (κ3) is 8.06. The molecule has 1 unspecified atom stereocenters. The summed E-state index contributed by atoms with van der Waals surface area (Å²) in [6.07, 6.45) is -13.5. The van der Waals surface area contributed by atoms with E-state index in [4.69, 9.17) is 0 Å². The predicted octanol–water partition coefficient (Wildman–Crippen LogP) is 4.55. The van der Waals surface area contributed by atoms with Crippen molar-refractivity contribution in [2.45, 2.75) is 57.5 Å². The zero-order chi connectivity index (χ0) is 16.0. The lowest BCUT2D eigenvalue weighted by Gasteiger charge is -2.20. The van der Waals surface area contributed by atoms with Crippen molar-refractivity contribution in [2.24, 2.45) is 0 Å². The molecule has 0 aliphatic heterocycles. The van der Waals surface area contributed by atoms with Gasteiger partial charge in [-0.05, 0) is 19.8 Å². The van der Waals surface area contributed by atoms with Crippen molar-refractivity contribution >= 4 is 5.97 Å². The van der Waals surface area contributed by atoms with Gasteiger partial charge in [-0.2, -0.15) is 22.0 Å². The minimum atomic E-state index is -4.31. The number of hydrogen-bond acceptors (Lipinski definition) is 2. The van der Waals surface area contributed by atoms with Gasteiger partial charge in [0.2, 0.25) is 6.17 Å². The Hall–Kier alpha value is -1.21. The van der Waals surface area contributed by atoms with E-state index < -0.39 is 37.3 Å². The molecule has 0 saturated heterocycles. The number of unbranched alkanes of at least 4 members (excludes halogenated alkanes) is 2. The molecule has 0 saturated carbocycles. The van der Waals surface area contributed by atoms with Crippen molar-refractivity contribution in [3.05, 3.63) is 12.2 Å². The molecule has 0 radical (unpaired) electrons. The van der Waals surface area contributed by atoms with Crippen LogP contribution in [0.2, 0.25) is 0 Å². The maximum Gasteiger partial charge on any atom is 0.432 e. The molecule has 8 heteroatoms. The third-order valence-electron chi connectivity index (χ3n) is 2.36. The summed E-state index contributed by atoms with van der Waals surface area (Å²) < 4.78 is 78.4. The normalized spacial score (nSPS) is 13.9. The number of carbonyl (C=O) groups is 1. The van der Waals surface area contributed by atoms with Gasteiger partial charge in [-0.15, -0.1) is 0 Å². The van der Waals surface area contributed by atoms with Gasteiger partial charge in [-0.25, -0.2) is 9.18 Å². The van der Waals surface area contributed by atoms with Crippen LogP contribution in [0.1, 0.15) is 39.0 Å². The van der Waals surface area contributed by atoms with E-state index in [1.807, 2.05) is 0 Å². The summed E-state index contributed by atoms with van der Waals surface area (Å²) in [5, 5.41) is 0. The first-order valence-electron chi connectivity index (χ1n) is 5.93. The summed E-state index contributed by atoms with van der Waals surface area (Å²) in [7, 11) is 0.